The third-order valence-corrected chi connectivity index (χ3v) is 6.21. The molecule has 0 bridgehead atoms. The molecule has 0 saturated heterocycles. The van der Waals surface area contributed by atoms with Crippen molar-refractivity contribution in [2.75, 3.05) is 36.4 Å². The fourth-order valence-electron chi connectivity index (χ4n) is 2.88. The topological polar surface area (TPSA) is 105 Å². The Kier molecular flexibility index (Phi) is 7.18. The van der Waals surface area contributed by atoms with Gasteiger partial charge in [-0.1, -0.05) is 30.3 Å². The Morgan fingerprint density at radius 1 is 1.16 bits per heavy atom. The molecule has 0 fully saturated rings. The Bertz CT molecular complexity index is 1210. The summed E-state index contributed by atoms with van der Waals surface area (Å²) < 4.78 is 18.0. The van der Waals surface area contributed by atoms with Gasteiger partial charge in [0.15, 0.2) is 5.82 Å². The lowest BCUT2D eigenvalue weighted by atomic mass is 10.2. The van der Waals surface area contributed by atoms with E-state index in [1.807, 2.05) is 24.3 Å². The van der Waals surface area contributed by atoms with Crippen molar-refractivity contribution >= 4 is 58.8 Å². The van der Waals surface area contributed by atoms with Gasteiger partial charge >= 0.3 is 0 Å². The van der Waals surface area contributed by atoms with E-state index in [4.69, 9.17) is 16.3 Å². The number of aromatic nitrogens is 2. The van der Waals surface area contributed by atoms with Gasteiger partial charge in [-0.15, -0.1) is 0 Å². The maximum Gasteiger partial charge on any atom is 0.247 e. The molecule has 8 nitrogen and oxygen atoms in total. The number of anilines is 5. The van der Waals surface area contributed by atoms with Gasteiger partial charge in [0.05, 0.1) is 24.7 Å². The van der Waals surface area contributed by atoms with Crippen molar-refractivity contribution < 1.29 is 14.1 Å². The van der Waals surface area contributed by atoms with E-state index in [1.54, 1.807) is 31.5 Å². The van der Waals surface area contributed by atoms with Crippen molar-refractivity contribution in [3.8, 4) is 5.75 Å². The molecule has 1 aromatic heterocycles. The summed E-state index contributed by atoms with van der Waals surface area (Å²) in [6, 6.07) is 12.4. The van der Waals surface area contributed by atoms with E-state index in [-0.39, 0.29) is 11.9 Å². The summed E-state index contributed by atoms with van der Waals surface area (Å²) in [6.45, 7) is 6.84. The molecule has 1 amide bonds. The molecule has 10 heteroatoms. The Balaban J connectivity index is 1.88. The number of methoxy groups -OCH3 is 1. The molecule has 3 N–H and O–H groups in total. The van der Waals surface area contributed by atoms with Gasteiger partial charge in [0.1, 0.15) is 17.9 Å². The van der Waals surface area contributed by atoms with Crippen LogP contribution in [0.3, 0.4) is 0 Å². The minimum atomic E-state index is -2.52. The number of nitrogens with zero attached hydrogens (tertiary/aromatic N) is 2. The predicted octanol–water partition coefficient (Wildman–Crippen LogP) is 5.00. The van der Waals surface area contributed by atoms with Gasteiger partial charge in [0.2, 0.25) is 11.9 Å². The standard InChI is InChI=1S/C22H23ClN5O3P/c1-5-20(29)25-14-10-11-16(18(12-14)31-2)27-22-24-13-15(23)21(28-22)26-17-8-6-7-9-19(17)32(3,4)30/h5-13H,1H2,2-4H3,(H,25,29)(H2,24,26,27,28). The molecule has 3 aromatic rings. The molecule has 0 aliphatic heterocycles. The van der Waals surface area contributed by atoms with E-state index in [1.165, 1.54) is 19.4 Å². The summed E-state index contributed by atoms with van der Waals surface area (Å²) in [7, 11) is -1.01. The highest BCUT2D eigenvalue weighted by molar-refractivity contribution is 7.70. The van der Waals surface area contributed by atoms with Crippen molar-refractivity contribution in [2.24, 2.45) is 0 Å². The molecule has 1 heterocycles. The zero-order chi connectivity index (χ0) is 23.3. The molecule has 3 rings (SSSR count). The summed E-state index contributed by atoms with van der Waals surface area (Å²) in [5.41, 5.74) is 1.80. The average molecular weight is 472 g/mol. The monoisotopic (exact) mass is 471 g/mol. The van der Waals surface area contributed by atoms with Crippen LogP contribution in [0.1, 0.15) is 0 Å². The van der Waals surface area contributed by atoms with Crippen LogP contribution in [-0.2, 0) is 9.36 Å². The van der Waals surface area contributed by atoms with Crippen molar-refractivity contribution in [2.45, 2.75) is 0 Å². The van der Waals surface area contributed by atoms with Crippen molar-refractivity contribution in [1.29, 1.82) is 0 Å². The summed E-state index contributed by atoms with van der Waals surface area (Å²) in [6.07, 6.45) is 2.65. The lowest BCUT2D eigenvalue weighted by Gasteiger charge is -2.16. The van der Waals surface area contributed by atoms with Crippen LogP contribution < -0.4 is 26.0 Å². The van der Waals surface area contributed by atoms with Crippen molar-refractivity contribution in [3.63, 3.8) is 0 Å². The van der Waals surface area contributed by atoms with Gasteiger partial charge < -0.3 is 25.3 Å². The third kappa shape index (κ3) is 5.66. The highest BCUT2D eigenvalue weighted by Gasteiger charge is 2.17. The molecule has 32 heavy (non-hydrogen) atoms. The molecule has 0 atom stereocenters. The Labute approximate surface area is 191 Å². The first-order valence-corrected chi connectivity index (χ1v) is 12.5. The lowest BCUT2D eigenvalue weighted by Crippen LogP contribution is -2.11. The summed E-state index contributed by atoms with van der Waals surface area (Å²) in [5, 5.41) is 9.92. The number of halogens is 1. The maximum atomic E-state index is 12.6. The third-order valence-electron chi connectivity index (χ3n) is 4.38. The number of para-hydroxylation sites is 1. The Morgan fingerprint density at radius 2 is 1.91 bits per heavy atom. The van der Waals surface area contributed by atoms with E-state index in [2.05, 4.69) is 32.5 Å². The van der Waals surface area contributed by atoms with E-state index in [0.717, 1.165) is 0 Å². The number of carbonyl (C=O) groups excluding carboxylic acids is 1. The van der Waals surface area contributed by atoms with Gasteiger partial charge in [-0.05, 0) is 43.7 Å². The number of carbonyl (C=O) groups is 1. The van der Waals surface area contributed by atoms with Crippen LogP contribution in [0.15, 0.2) is 61.3 Å². The van der Waals surface area contributed by atoms with Gasteiger partial charge in [-0.2, -0.15) is 4.98 Å². The number of hydrogen-bond donors (Lipinski definition) is 3. The molecule has 0 saturated carbocycles. The summed E-state index contributed by atoms with van der Waals surface area (Å²) >= 11 is 6.30. The van der Waals surface area contributed by atoms with E-state index >= 15 is 0 Å². The van der Waals surface area contributed by atoms with Gasteiger partial charge in [0, 0.05) is 17.1 Å². The predicted molar refractivity (Wildman–Crippen MR) is 131 cm³/mol. The fraction of sp³-hybridized carbons (Fsp3) is 0.136. The SMILES string of the molecule is C=CC(=O)Nc1ccc(Nc2ncc(Cl)c(Nc3ccccc3P(C)(C)=O)n2)c(OC)c1. The molecule has 0 radical (unpaired) electrons. The number of rotatable bonds is 8. The number of hydrogen-bond acceptors (Lipinski definition) is 7. The largest absolute Gasteiger partial charge is 0.494 e. The molecule has 0 spiro atoms. The van der Waals surface area contributed by atoms with Gasteiger partial charge in [-0.25, -0.2) is 4.98 Å². The lowest BCUT2D eigenvalue weighted by molar-refractivity contribution is -0.111. The number of nitrogens with one attached hydrogen (secondary N) is 3. The zero-order valence-corrected chi connectivity index (χ0v) is 19.5. The van der Waals surface area contributed by atoms with Crippen molar-refractivity contribution in [1.82, 2.24) is 9.97 Å². The van der Waals surface area contributed by atoms with E-state index in [0.29, 0.717) is 39.0 Å². The molecule has 2 aromatic carbocycles. The fourth-order valence-corrected chi connectivity index (χ4v) is 4.17. The molecule has 166 valence electrons. The van der Waals surface area contributed by atoms with Crippen LogP contribution in [-0.4, -0.2) is 36.3 Å². The smallest absolute Gasteiger partial charge is 0.247 e. The van der Waals surface area contributed by atoms with Crippen LogP contribution in [0.2, 0.25) is 5.02 Å². The first-order chi connectivity index (χ1) is 15.2. The first-order valence-electron chi connectivity index (χ1n) is 9.54. The highest BCUT2D eigenvalue weighted by atomic mass is 35.5. The first kappa shape index (κ1) is 23.3. The molecular weight excluding hydrogens is 449 g/mol. The average Bonchev–Trinajstić information content (AvgIpc) is 2.76. The second kappa shape index (κ2) is 9.85. The quantitative estimate of drug-likeness (QED) is 0.313. The maximum absolute atomic E-state index is 12.6. The number of amides is 1. The van der Waals surface area contributed by atoms with E-state index < -0.39 is 7.14 Å². The minimum Gasteiger partial charge on any atom is -0.494 e. The van der Waals surface area contributed by atoms with Crippen LogP contribution in [0.5, 0.6) is 5.75 Å². The molecule has 0 aliphatic carbocycles. The molecule has 0 unspecified atom stereocenters. The Morgan fingerprint density at radius 3 is 2.59 bits per heavy atom. The van der Waals surface area contributed by atoms with Crippen LogP contribution in [0, 0.1) is 0 Å². The van der Waals surface area contributed by atoms with Crippen molar-refractivity contribution in [3.05, 3.63) is 66.3 Å². The summed E-state index contributed by atoms with van der Waals surface area (Å²) in [4.78, 5) is 20.2. The molecule has 0 aliphatic rings. The second-order valence-electron chi connectivity index (χ2n) is 7.12. The second-order valence-corrected chi connectivity index (χ2v) is 10.7. The number of ether oxygens (including phenoxy) is 1. The Hall–Kier alpha value is -3.35. The van der Waals surface area contributed by atoms with Crippen LogP contribution in [0.25, 0.3) is 0 Å². The number of benzene rings is 2. The van der Waals surface area contributed by atoms with Gasteiger partial charge in [-0.3, -0.25) is 4.79 Å². The normalized spacial score (nSPS) is 10.9. The van der Waals surface area contributed by atoms with E-state index in [9.17, 15) is 9.36 Å². The zero-order valence-electron chi connectivity index (χ0n) is 17.8. The highest BCUT2D eigenvalue weighted by Crippen LogP contribution is 2.38. The minimum absolute atomic E-state index is 0.270. The van der Waals surface area contributed by atoms with Crippen LogP contribution in [0.4, 0.5) is 28.8 Å². The van der Waals surface area contributed by atoms with Crippen LogP contribution >= 0.6 is 18.7 Å². The molecular formula is C22H23ClN5O3P. The summed E-state index contributed by atoms with van der Waals surface area (Å²) in [5.74, 6) is 0.780. The van der Waals surface area contributed by atoms with Gasteiger partial charge in [0.25, 0.3) is 0 Å².